The molecule has 0 heterocycles. The molecule has 1 N–H and O–H groups in total. The first-order chi connectivity index (χ1) is 8.61. The second-order valence-electron chi connectivity index (χ2n) is 4.44. The largest absolute Gasteiger partial charge is 0.467 e. The van der Waals surface area contributed by atoms with E-state index in [4.69, 9.17) is 9.47 Å². The molecule has 0 amide bonds. The Balaban J connectivity index is 2.17. The molecule has 5 heteroatoms. The van der Waals surface area contributed by atoms with Crippen molar-refractivity contribution in [2.75, 3.05) is 19.5 Å². The number of para-hydroxylation sites is 1. The number of methoxy groups -OCH3 is 2. The van der Waals surface area contributed by atoms with Crippen molar-refractivity contribution < 1.29 is 18.7 Å². The topological polar surface area (TPSA) is 47.6 Å². The number of esters is 1. The quantitative estimate of drug-likeness (QED) is 0.833. The van der Waals surface area contributed by atoms with Crippen molar-refractivity contribution in [3.8, 4) is 0 Å². The van der Waals surface area contributed by atoms with Gasteiger partial charge in [-0.05, 0) is 12.1 Å². The van der Waals surface area contributed by atoms with E-state index in [-0.39, 0.29) is 17.9 Å². The van der Waals surface area contributed by atoms with Gasteiger partial charge in [-0.3, -0.25) is 0 Å². The van der Waals surface area contributed by atoms with Crippen molar-refractivity contribution in [1.29, 1.82) is 0 Å². The fraction of sp³-hybridized carbons (Fsp3) is 0.462. The number of hydrogen-bond acceptors (Lipinski definition) is 4. The minimum Gasteiger partial charge on any atom is -0.467 e. The van der Waals surface area contributed by atoms with Gasteiger partial charge < -0.3 is 14.8 Å². The Morgan fingerprint density at radius 1 is 1.39 bits per heavy atom. The summed E-state index contributed by atoms with van der Waals surface area (Å²) in [6, 6.07) is 6.26. The molecule has 1 saturated carbocycles. The van der Waals surface area contributed by atoms with Crippen LogP contribution in [0.25, 0.3) is 0 Å². The lowest BCUT2D eigenvalue weighted by atomic mass is 9.74. The van der Waals surface area contributed by atoms with E-state index in [0.29, 0.717) is 18.5 Å². The first-order valence-electron chi connectivity index (χ1n) is 5.75. The Morgan fingerprint density at radius 3 is 2.61 bits per heavy atom. The SMILES string of the molecule is COC(=O)C1(Nc2ccccc2F)CC(OC)C1. The molecule has 2 rings (SSSR count). The van der Waals surface area contributed by atoms with Crippen LogP contribution in [0.1, 0.15) is 12.8 Å². The van der Waals surface area contributed by atoms with E-state index in [2.05, 4.69) is 5.32 Å². The van der Waals surface area contributed by atoms with E-state index >= 15 is 0 Å². The summed E-state index contributed by atoms with van der Waals surface area (Å²) in [7, 11) is 2.92. The third-order valence-electron chi connectivity index (χ3n) is 3.31. The molecule has 0 aromatic heterocycles. The molecule has 0 spiro atoms. The van der Waals surface area contributed by atoms with E-state index in [1.54, 1.807) is 25.3 Å². The molecule has 1 aliphatic carbocycles. The molecule has 0 atom stereocenters. The van der Waals surface area contributed by atoms with Crippen LogP contribution < -0.4 is 5.32 Å². The Morgan fingerprint density at radius 2 is 2.06 bits per heavy atom. The maximum absolute atomic E-state index is 13.6. The zero-order valence-electron chi connectivity index (χ0n) is 10.4. The summed E-state index contributed by atoms with van der Waals surface area (Å²) >= 11 is 0. The zero-order chi connectivity index (χ0) is 13.2. The minimum absolute atomic E-state index is 0.00312. The van der Waals surface area contributed by atoms with Crippen molar-refractivity contribution >= 4 is 11.7 Å². The average Bonchev–Trinajstić information content (AvgIpc) is 2.34. The Kier molecular flexibility index (Phi) is 3.52. The maximum atomic E-state index is 13.6. The molecule has 0 bridgehead atoms. The molecule has 1 aromatic carbocycles. The van der Waals surface area contributed by atoms with E-state index in [0.717, 1.165) is 0 Å². The van der Waals surface area contributed by atoms with E-state index in [1.807, 2.05) is 0 Å². The van der Waals surface area contributed by atoms with Crippen LogP contribution in [-0.2, 0) is 14.3 Å². The molecular weight excluding hydrogens is 237 g/mol. The number of carbonyl (C=O) groups excluding carboxylic acids is 1. The Bertz CT molecular complexity index is 444. The first-order valence-corrected chi connectivity index (χ1v) is 5.75. The number of hydrogen-bond donors (Lipinski definition) is 1. The van der Waals surface area contributed by atoms with Gasteiger partial charge in [0.2, 0.25) is 0 Å². The number of nitrogens with one attached hydrogen (secondary N) is 1. The summed E-state index contributed by atoms with van der Waals surface area (Å²) in [5.74, 6) is -0.777. The standard InChI is InChI=1S/C13H16FNO3/c1-17-9-7-13(8-9,12(16)18-2)15-11-6-4-3-5-10(11)14/h3-6,9,15H,7-8H2,1-2H3. The summed E-state index contributed by atoms with van der Waals surface area (Å²) in [5, 5.41) is 2.95. The van der Waals surface area contributed by atoms with Crippen molar-refractivity contribution in [1.82, 2.24) is 0 Å². The molecule has 0 aliphatic heterocycles. The number of rotatable bonds is 4. The van der Waals surface area contributed by atoms with Crippen LogP contribution in [0.5, 0.6) is 0 Å². The normalized spacial score (nSPS) is 26.3. The zero-order valence-corrected chi connectivity index (χ0v) is 10.4. The van der Waals surface area contributed by atoms with Gasteiger partial charge >= 0.3 is 5.97 Å². The van der Waals surface area contributed by atoms with Crippen LogP contribution in [0.2, 0.25) is 0 Å². The van der Waals surface area contributed by atoms with Crippen LogP contribution in [0.4, 0.5) is 10.1 Å². The van der Waals surface area contributed by atoms with Crippen LogP contribution >= 0.6 is 0 Å². The fourth-order valence-electron chi connectivity index (χ4n) is 2.22. The molecule has 0 unspecified atom stereocenters. The molecule has 1 aromatic rings. The van der Waals surface area contributed by atoms with Crippen molar-refractivity contribution in [2.45, 2.75) is 24.5 Å². The van der Waals surface area contributed by atoms with Gasteiger partial charge in [0, 0.05) is 20.0 Å². The first kappa shape index (κ1) is 12.8. The smallest absolute Gasteiger partial charge is 0.331 e. The maximum Gasteiger partial charge on any atom is 0.331 e. The van der Waals surface area contributed by atoms with Gasteiger partial charge in [-0.25, -0.2) is 9.18 Å². The summed E-state index contributed by atoms with van der Waals surface area (Å²) in [5.41, 5.74) is -0.574. The van der Waals surface area contributed by atoms with Gasteiger partial charge in [0.05, 0.1) is 18.9 Å². The summed E-state index contributed by atoms with van der Waals surface area (Å²) in [4.78, 5) is 11.8. The monoisotopic (exact) mass is 253 g/mol. The molecular formula is C13H16FNO3. The van der Waals surface area contributed by atoms with Gasteiger partial charge in [-0.2, -0.15) is 0 Å². The van der Waals surface area contributed by atoms with E-state index < -0.39 is 5.54 Å². The molecule has 4 nitrogen and oxygen atoms in total. The van der Waals surface area contributed by atoms with Gasteiger partial charge in [0.15, 0.2) is 0 Å². The highest BCUT2D eigenvalue weighted by Crippen LogP contribution is 2.38. The minimum atomic E-state index is -0.877. The average molecular weight is 253 g/mol. The highest BCUT2D eigenvalue weighted by atomic mass is 19.1. The lowest BCUT2D eigenvalue weighted by molar-refractivity contribution is -0.154. The molecule has 98 valence electrons. The van der Waals surface area contributed by atoms with Crippen LogP contribution in [0.15, 0.2) is 24.3 Å². The van der Waals surface area contributed by atoms with E-state index in [1.165, 1.54) is 13.2 Å². The molecule has 1 fully saturated rings. The van der Waals surface area contributed by atoms with E-state index in [9.17, 15) is 9.18 Å². The second-order valence-corrected chi connectivity index (χ2v) is 4.44. The number of ether oxygens (including phenoxy) is 2. The number of anilines is 1. The molecule has 18 heavy (non-hydrogen) atoms. The third-order valence-corrected chi connectivity index (χ3v) is 3.31. The number of halogens is 1. The van der Waals surface area contributed by atoms with Gasteiger partial charge in [-0.1, -0.05) is 12.1 Å². The summed E-state index contributed by atoms with van der Waals surface area (Å²) in [6.07, 6.45) is 0.957. The van der Waals surface area contributed by atoms with Crippen LogP contribution in [0, 0.1) is 5.82 Å². The summed E-state index contributed by atoms with van der Waals surface area (Å²) < 4.78 is 23.5. The second kappa shape index (κ2) is 4.94. The van der Waals surface area contributed by atoms with Gasteiger partial charge in [-0.15, -0.1) is 0 Å². The highest BCUT2D eigenvalue weighted by molar-refractivity contribution is 5.86. The predicted octanol–water partition coefficient (Wildman–Crippen LogP) is 1.96. The van der Waals surface area contributed by atoms with Crippen LogP contribution in [0.3, 0.4) is 0 Å². The van der Waals surface area contributed by atoms with Gasteiger partial charge in [0.25, 0.3) is 0 Å². The van der Waals surface area contributed by atoms with Gasteiger partial charge in [0.1, 0.15) is 11.4 Å². The van der Waals surface area contributed by atoms with Crippen LogP contribution in [-0.4, -0.2) is 31.8 Å². The third kappa shape index (κ3) is 2.18. The fourth-order valence-corrected chi connectivity index (χ4v) is 2.22. The Hall–Kier alpha value is -1.62. The number of carbonyl (C=O) groups is 1. The molecule has 1 aliphatic rings. The van der Waals surface area contributed by atoms with Crippen molar-refractivity contribution in [2.24, 2.45) is 0 Å². The van der Waals surface area contributed by atoms with Crippen molar-refractivity contribution in [3.63, 3.8) is 0 Å². The molecule has 0 saturated heterocycles. The lowest BCUT2D eigenvalue weighted by Crippen LogP contribution is -2.59. The molecule has 0 radical (unpaired) electrons. The Labute approximate surface area is 105 Å². The van der Waals surface area contributed by atoms with Crippen molar-refractivity contribution in [3.05, 3.63) is 30.1 Å². The summed E-state index contributed by atoms with van der Waals surface area (Å²) in [6.45, 7) is 0. The number of benzene rings is 1. The lowest BCUT2D eigenvalue weighted by Gasteiger charge is -2.45. The highest BCUT2D eigenvalue weighted by Gasteiger charge is 2.52. The predicted molar refractivity (Wildman–Crippen MR) is 64.8 cm³/mol.